The highest BCUT2D eigenvalue weighted by Crippen LogP contribution is 2.33. The summed E-state index contributed by atoms with van der Waals surface area (Å²) in [6.45, 7) is 4.41. The number of piperidine rings is 1. The van der Waals surface area contributed by atoms with Crippen molar-refractivity contribution in [2.24, 2.45) is 19.6 Å². The lowest BCUT2D eigenvalue weighted by molar-refractivity contribution is -0.0435. The Morgan fingerprint density at radius 2 is 2.00 bits per heavy atom. The molecule has 0 aromatic heterocycles. The lowest BCUT2D eigenvalue weighted by Gasteiger charge is -2.39. The van der Waals surface area contributed by atoms with Gasteiger partial charge in [-0.2, -0.15) is 36.2 Å². The lowest BCUT2D eigenvalue weighted by atomic mass is 9.89. The molecule has 0 aromatic carbocycles. The maximum Gasteiger partial charge on any atom is 0.518 e. The zero-order valence-corrected chi connectivity index (χ0v) is 18.7. The molecule has 2 heterocycles. The predicted molar refractivity (Wildman–Crippen MR) is 117 cm³/mol. The smallest absolute Gasteiger partial charge is 0.369 e. The minimum absolute atomic E-state index is 0.0361. The number of guanidine groups is 1. The zero-order chi connectivity index (χ0) is 24.6. The third-order valence-corrected chi connectivity index (χ3v) is 6.27. The van der Waals surface area contributed by atoms with Crippen molar-refractivity contribution < 1.29 is 21.6 Å². The van der Waals surface area contributed by atoms with Gasteiger partial charge in [-0.05, 0) is 44.4 Å². The number of likely N-dealkylation sites (N-methyl/N-ethyl adjacent to an activating group) is 1. The zero-order valence-electron chi connectivity index (χ0n) is 17.8. The van der Waals surface area contributed by atoms with Gasteiger partial charge in [-0.25, -0.2) is 0 Å². The van der Waals surface area contributed by atoms with Crippen LogP contribution >= 0.6 is 0 Å². The Hall–Kier alpha value is -3.56. The summed E-state index contributed by atoms with van der Waals surface area (Å²) in [5, 5.41) is 24.1. The van der Waals surface area contributed by atoms with Crippen LogP contribution in [0, 0.1) is 16.7 Å². The molecule has 3 rings (SSSR count). The molecule has 0 amide bonds. The molecule has 1 unspecified atom stereocenters. The highest BCUT2D eigenvalue weighted by Gasteiger charge is 2.46. The van der Waals surface area contributed by atoms with Gasteiger partial charge < -0.3 is 9.80 Å². The summed E-state index contributed by atoms with van der Waals surface area (Å²) >= 11 is 0. The summed E-state index contributed by atoms with van der Waals surface area (Å²) in [7, 11) is -4.38. The fourth-order valence-electron chi connectivity index (χ4n) is 3.55. The fraction of sp³-hybridized carbons (Fsp3) is 0.421. The van der Waals surface area contributed by atoms with Gasteiger partial charge in [-0.15, -0.1) is 10.2 Å². The molecule has 174 valence electrons. The van der Waals surface area contributed by atoms with Crippen molar-refractivity contribution in [1.82, 2.24) is 9.80 Å². The van der Waals surface area contributed by atoms with Crippen molar-refractivity contribution in [3.63, 3.8) is 0 Å². The van der Waals surface area contributed by atoms with E-state index in [1.54, 1.807) is 6.07 Å². The van der Waals surface area contributed by atoms with Crippen LogP contribution in [0.2, 0.25) is 0 Å². The number of nitrogens with zero attached hydrogens (tertiary/aromatic N) is 7. The second-order valence-electron chi connectivity index (χ2n) is 7.26. The van der Waals surface area contributed by atoms with Gasteiger partial charge in [0.2, 0.25) is 0 Å². The van der Waals surface area contributed by atoms with Crippen LogP contribution in [0.5, 0.6) is 0 Å². The van der Waals surface area contributed by atoms with Crippen LogP contribution in [0.4, 0.5) is 13.2 Å². The molecule has 1 saturated heterocycles. The second kappa shape index (κ2) is 8.76. The Morgan fingerprint density at radius 3 is 2.55 bits per heavy atom. The first-order chi connectivity index (χ1) is 15.4. The van der Waals surface area contributed by atoms with Gasteiger partial charge in [0, 0.05) is 31.2 Å². The summed E-state index contributed by atoms with van der Waals surface area (Å²) in [5.74, 6) is 1.93. The van der Waals surface area contributed by atoms with Crippen LogP contribution in [-0.2, 0) is 10.0 Å². The van der Waals surface area contributed by atoms with Crippen molar-refractivity contribution in [3.8, 4) is 6.07 Å². The Labute approximate surface area is 188 Å². The van der Waals surface area contributed by atoms with Crippen molar-refractivity contribution >= 4 is 39.0 Å². The minimum atomic E-state index is -5.83. The molecule has 2 aliphatic heterocycles. The molecular formula is C19H19F3N8O2S. The number of halogens is 3. The van der Waals surface area contributed by atoms with E-state index >= 15 is 0 Å². The Balaban J connectivity index is 2.15. The van der Waals surface area contributed by atoms with Crippen molar-refractivity contribution in [2.45, 2.75) is 38.2 Å². The number of nitrogens with one attached hydrogen (secondary N) is 1. The van der Waals surface area contributed by atoms with Crippen LogP contribution in [0.15, 0.2) is 48.7 Å². The SMILES string of the molecule is CCN1C2=CC(=N\S(=O)(=O)C(F)(F)F)/C(=N/N=C3\N=C(C#N)C(=C=N)N3C)C=C2CCC1C. The van der Waals surface area contributed by atoms with Crippen LogP contribution in [0.1, 0.15) is 26.7 Å². The lowest BCUT2D eigenvalue weighted by Crippen LogP contribution is -2.39. The van der Waals surface area contributed by atoms with Gasteiger partial charge in [-0.3, -0.25) is 5.41 Å². The Kier molecular flexibility index (Phi) is 6.40. The van der Waals surface area contributed by atoms with Crippen molar-refractivity contribution in [2.75, 3.05) is 13.6 Å². The average molecular weight is 480 g/mol. The highest BCUT2D eigenvalue weighted by molar-refractivity contribution is 7.91. The van der Waals surface area contributed by atoms with E-state index in [9.17, 15) is 21.6 Å². The number of hydrogen-bond acceptors (Lipinski definition) is 7. The summed E-state index contributed by atoms with van der Waals surface area (Å²) < 4.78 is 65.5. The van der Waals surface area contributed by atoms with Crippen LogP contribution in [-0.4, -0.2) is 72.3 Å². The number of alkyl halides is 3. The summed E-state index contributed by atoms with van der Waals surface area (Å²) in [5.41, 5.74) is -5.05. The van der Waals surface area contributed by atoms with Crippen LogP contribution in [0.25, 0.3) is 0 Å². The van der Waals surface area contributed by atoms with E-state index in [1.165, 1.54) is 24.1 Å². The summed E-state index contributed by atoms with van der Waals surface area (Å²) in [6.07, 6.45) is 4.12. The molecule has 0 aromatic rings. The third kappa shape index (κ3) is 4.50. The van der Waals surface area contributed by atoms with Gasteiger partial charge >= 0.3 is 15.5 Å². The van der Waals surface area contributed by atoms with Gasteiger partial charge in [-0.1, -0.05) is 0 Å². The monoisotopic (exact) mass is 480 g/mol. The molecule has 0 bridgehead atoms. The first-order valence-electron chi connectivity index (χ1n) is 9.72. The second-order valence-corrected chi connectivity index (χ2v) is 8.86. The van der Waals surface area contributed by atoms with Gasteiger partial charge in [0.1, 0.15) is 23.2 Å². The minimum Gasteiger partial charge on any atom is -0.369 e. The van der Waals surface area contributed by atoms with E-state index < -0.39 is 21.2 Å². The highest BCUT2D eigenvalue weighted by atomic mass is 32.2. The van der Waals surface area contributed by atoms with E-state index in [0.29, 0.717) is 18.7 Å². The number of allylic oxidation sites excluding steroid dienone is 4. The predicted octanol–water partition coefficient (Wildman–Crippen LogP) is 2.36. The van der Waals surface area contributed by atoms with Crippen LogP contribution < -0.4 is 0 Å². The quantitative estimate of drug-likeness (QED) is 0.375. The topological polar surface area (TPSA) is 138 Å². The number of fused-ring (bicyclic) bond motifs is 1. The van der Waals surface area contributed by atoms with E-state index in [2.05, 4.69) is 19.6 Å². The normalized spacial score (nSPS) is 25.0. The standard InChI is InChI=1S/C19H19F3N8O2S/c1-4-30-11(2)5-6-12-7-13(14(8-16(12)30)28-33(31,32)19(20,21)22)26-27-18-25-15(9-23)17(10-24)29(18)3/h7-8,11,24H,4-6H2,1-3H3/b26-13+,27-18+,28-14+. The van der Waals surface area contributed by atoms with Crippen LogP contribution in [0.3, 0.4) is 0 Å². The number of likely N-dealkylation sites (tertiary alicyclic amines) is 1. The van der Waals surface area contributed by atoms with Gasteiger partial charge in [0.05, 0.1) is 0 Å². The molecule has 10 nitrogen and oxygen atoms in total. The van der Waals surface area contributed by atoms with Gasteiger partial charge in [0.15, 0.2) is 5.71 Å². The third-order valence-electron chi connectivity index (χ3n) is 5.24. The molecule has 14 heteroatoms. The molecule has 33 heavy (non-hydrogen) atoms. The molecule has 3 aliphatic rings. The molecular weight excluding hydrogens is 461 g/mol. The maximum atomic E-state index is 13.0. The first-order valence-corrected chi connectivity index (χ1v) is 11.2. The number of sulfonamides is 1. The fourth-order valence-corrected chi connectivity index (χ4v) is 4.06. The number of rotatable bonds is 3. The molecule has 1 atom stereocenters. The number of nitriles is 1. The Bertz CT molecular complexity index is 1260. The number of hydrogen-bond donors (Lipinski definition) is 1. The maximum absolute atomic E-state index is 13.0. The van der Waals surface area contributed by atoms with Crippen molar-refractivity contribution in [1.29, 1.82) is 10.7 Å². The van der Waals surface area contributed by atoms with E-state index in [4.69, 9.17) is 10.7 Å². The summed E-state index contributed by atoms with van der Waals surface area (Å²) in [6, 6.07) is 1.88. The molecule has 0 radical (unpaired) electrons. The first kappa shape index (κ1) is 24.1. The summed E-state index contributed by atoms with van der Waals surface area (Å²) in [4.78, 5) is 7.10. The molecule has 0 saturated carbocycles. The van der Waals surface area contributed by atoms with E-state index in [1.807, 2.05) is 24.6 Å². The van der Waals surface area contributed by atoms with Gasteiger partial charge in [0.25, 0.3) is 5.96 Å². The van der Waals surface area contributed by atoms with E-state index in [-0.39, 0.29) is 29.1 Å². The van der Waals surface area contributed by atoms with E-state index in [0.717, 1.165) is 12.0 Å². The molecule has 1 aliphatic carbocycles. The molecule has 1 fully saturated rings. The molecule has 0 spiro atoms. The Morgan fingerprint density at radius 1 is 1.30 bits per heavy atom. The molecule has 1 N–H and O–H groups in total. The largest absolute Gasteiger partial charge is 0.518 e. The average Bonchev–Trinajstić information content (AvgIpc) is 3.05. The van der Waals surface area contributed by atoms with Crippen molar-refractivity contribution in [3.05, 3.63) is 29.1 Å². The number of aliphatic imine (C=N–C) groups is 1.